The first-order valence-corrected chi connectivity index (χ1v) is 15.1. The maximum atomic E-state index is 13.6. The third kappa shape index (κ3) is 5.30. The van der Waals surface area contributed by atoms with Gasteiger partial charge in [-0.2, -0.15) is 5.26 Å². The highest BCUT2D eigenvalue weighted by Crippen LogP contribution is 2.46. The molecule has 3 aliphatic rings. The number of nitrogens with zero attached hydrogens (tertiary/aromatic N) is 5. The Morgan fingerprint density at radius 1 is 1.29 bits per heavy atom. The number of hydrogen-bond donors (Lipinski definition) is 2. The number of allylic oxidation sites excluding steroid dienone is 1. The first kappa shape index (κ1) is 27.7. The molecule has 2 fully saturated rings. The highest BCUT2D eigenvalue weighted by atomic mass is 32.1. The Hall–Kier alpha value is -4.43. The molecule has 11 heteroatoms. The molecular weight excluding hydrogens is 550 g/mol. The molecule has 1 atom stereocenters. The number of nitrogens with one attached hydrogen (secondary N) is 2. The van der Waals surface area contributed by atoms with Gasteiger partial charge in [0.2, 0.25) is 0 Å². The second-order valence-electron chi connectivity index (χ2n) is 11.5. The van der Waals surface area contributed by atoms with E-state index in [4.69, 9.17) is 0 Å². The van der Waals surface area contributed by atoms with Gasteiger partial charge in [0.15, 0.2) is 0 Å². The van der Waals surface area contributed by atoms with Gasteiger partial charge < -0.3 is 10.6 Å². The second kappa shape index (κ2) is 11.1. The average molecular weight is 582 g/mol. The van der Waals surface area contributed by atoms with Crippen molar-refractivity contribution in [3.05, 3.63) is 52.3 Å². The van der Waals surface area contributed by atoms with Crippen molar-refractivity contribution in [2.75, 3.05) is 10.2 Å². The third-order valence-corrected chi connectivity index (χ3v) is 8.80. The van der Waals surface area contributed by atoms with Crippen molar-refractivity contribution in [3.63, 3.8) is 0 Å². The van der Waals surface area contributed by atoms with Gasteiger partial charge in [-0.25, -0.2) is 14.8 Å². The number of amides is 4. The molecule has 0 radical (unpaired) electrons. The van der Waals surface area contributed by atoms with Crippen LogP contribution in [0.15, 0.2) is 41.2 Å². The summed E-state index contributed by atoms with van der Waals surface area (Å²) in [6.45, 7) is 6.24. The maximum absolute atomic E-state index is 13.6. The molecule has 6 rings (SSSR count). The molecule has 10 nitrogen and oxygen atoms in total. The molecule has 2 N–H and O–H groups in total. The van der Waals surface area contributed by atoms with E-state index in [1.54, 1.807) is 29.4 Å². The predicted octanol–water partition coefficient (Wildman–Crippen LogP) is 5.99. The number of nitriles is 1. The Balaban J connectivity index is 1.28. The Morgan fingerprint density at radius 2 is 2.10 bits per heavy atom. The van der Waals surface area contributed by atoms with E-state index in [1.165, 1.54) is 11.3 Å². The van der Waals surface area contributed by atoms with Gasteiger partial charge >= 0.3 is 6.03 Å². The van der Waals surface area contributed by atoms with E-state index in [2.05, 4.69) is 39.4 Å². The van der Waals surface area contributed by atoms with Gasteiger partial charge in [-0.15, -0.1) is 11.3 Å². The largest absolute Gasteiger partial charge is 0.343 e. The van der Waals surface area contributed by atoms with Gasteiger partial charge in [0.25, 0.3) is 11.8 Å². The summed E-state index contributed by atoms with van der Waals surface area (Å²) in [5.74, 6) is -0.183. The average Bonchev–Trinajstić information content (AvgIpc) is 3.55. The fourth-order valence-electron chi connectivity index (χ4n) is 5.54. The Labute approximate surface area is 247 Å². The Morgan fingerprint density at radius 3 is 2.81 bits per heavy atom. The van der Waals surface area contributed by atoms with Crippen LogP contribution in [0.4, 0.5) is 21.9 Å². The van der Waals surface area contributed by atoms with Crippen LogP contribution >= 0.6 is 11.3 Å². The van der Waals surface area contributed by atoms with E-state index in [0.29, 0.717) is 56.6 Å². The number of pyridine rings is 2. The van der Waals surface area contributed by atoms with Crippen molar-refractivity contribution in [1.29, 1.82) is 5.26 Å². The van der Waals surface area contributed by atoms with E-state index in [1.807, 2.05) is 19.1 Å². The standard InChI is InChI=1S/C31H31N7O3S/c1-16(2)11-20-12-17(3)24(15-34-20)38-23-9-10-33-30-25(23)26(37-31(38)41)27(42-30)29(40)36-22-6-4-5-21(22)35-28(39)19(14-32)13-18-7-8-18/h9-10,12-13,15-16,18,22H,4-8,11H2,1-3H3,(H,36,40)(H,37,41)/b19-13+,35-21?/t22-/m1/s1. The van der Waals surface area contributed by atoms with E-state index < -0.39 is 11.9 Å². The number of thiophene rings is 1. The predicted molar refractivity (Wildman–Crippen MR) is 162 cm³/mol. The van der Waals surface area contributed by atoms with Crippen molar-refractivity contribution < 1.29 is 14.4 Å². The molecule has 0 bridgehead atoms. The van der Waals surface area contributed by atoms with E-state index in [9.17, 15) is 19.6 Å². The van der Waals surface area contributed by atoms with Gasteiger partial charge in [-0.05, 0) is 75.0 Å². The zero-order chi connectivity index (χ0) is 29.5. The number of carbonyl (C=O) groups excluding carboxylic acids is 3. The summed E-state index contributed by atoms with van der Waals surface area (Å²) in [5.41, 5.74) is 4.24. The molecule has 2 saturated carbocycles. The maximum Gasteiger partial charge on any atom is 0.331 e. The third-order valence-electron chi connectivity index (χ3n) is 7.70. The van der Waals surface area contributed by atoms with Crippen molar-refractivity contribution in [2.24, 2.45) is 16.8 Å². The molecule has 4 heterocycles. The quantitative estimate of drug-likeness (QED) is 0.259. The second-order valence-corrected chi connectivity index (χ2v) is 12.5. The molecule has 0 unspecified atom stereocenters. The summed E-state index contributed by atoms with van der Waals surface area (Å²) >= 11 is 1.21. The smallest absolute Gasteiger partial charge is 0.331 e. The number of hydrogen-bond acceptors (Lipinski definition) is 7. The molecule has 214 valence electrons. The van der Waals surface area contributed by atoms with Crippen LogP contribution in [0.2, 0.25) is 0 Å². The first-order chi connectivity index (χ1) is 20.2. The topological polar surface area (TPSA) is 140 Å². The Kier molecular flexibility index (Phi) is 7.33. The fraction of sp³-hybridized carbons (Fsp3) is 0.387. The molecule has 0 spiro atoms. The molecule has 0 aromatic carbocycles. The van der Waals surface area contributed by atoms with Gasteiger partial charge in [-0.3, -0.25) is 19.5 Å². The number of urea groups is 1. The van der Waals surface area contributed by atoms with E-state index in [0.717, 1.165) is 36.9 Å². The summed E-state index contributed by atoms with van der Waals surface area (Å²) in [5, 5.41) is 16.0. The lowest BCUT2D eigenvalue weighted by atomic mass is 10.0. The van der Waals surface area contributed by atoms with Crippen molar-refractivity contribution in [3.8, 4) is 6.07 Å². The van der Waals surface area contributed by atoms with Gasteiger partial charge in [0, 0.05) is 17.6 Å². The number of anilines is 3. The summed E-state index contributed by atoms with van der Waals surface area (Å²) in [6, 6.07) is 4.94. The zero-order valence-electron chi connectivity index (χ0n) is 23.7. The molecule has 4 amide bonds. The molecule has 2 aliphatic carbocycles. The van der Waals surface area contributed by atoms with Gasteiger partial charge in [0.05, 0.1) is 34.7 Å². The molecule has 0 saturated heterocycles. The van der Waals surface area contributed by atoms with Crippen LogP contribution in [0, 0.1) is 30.1 Å². The van der Waals surface area contributed by atoms with Crippen molar-refractivity contribution in [1.82, 2.24) is 15.3 Å². The van der Waals surface area contributed by atoms with Crippen LogP contribution in [0.5, 0.6) is 0 Å². The van der Waals surface area contributed by atoms with Crippen LogP contribution in [-0.2, 0) is 11.2 Å². The molecule has 42 heavy (non-hydrogen) atoms. The minimum atomic E-state index is -0.555. The molecule has 3 aromatic heterocycles. The lowest BCUT2D eigenvalue weighted by Crippen LogP contribution is -2.39. The number of aliphatic imine (C=N–C) groups is 1. The van der Waals surface area contributed by atoms with Crippen LogP contribution in [0.25, 0.3) is 10.2 Å². The minimum Gasteiger partial charge on any atom is -0.343 e. The van der Waals surface area contributed by atoms with Gasteiger partial charge in [-0.1, -0.05) is 19.9 Å². The van der Waals surface area contributed by atoms with E-state index >= 15 is 0 Å². The Bertz CT molecular complexity index is 1730. The minimum absolute atomic E-state index is 0.0572. The lowest BCUT2D eigenvalue weighted by Gasteiger charge is -2.29. The zero-order valence-corrected chi connectivity index (χ0v) is 24.5. The first-order valence-electron chi connectivity index (χ1n) is 14.3. The normalized spacial score (nSPS) is 19.4. The molecule has 3 aromatic rings. The summed E-state index contributed by atoms with van der Waals surface area (Å²) in [6.07, 6.45) is 9.84. The summed E-state index contributed by atoms with van der Waals surface area (Å²) in [4.78, 5) is 55.7. The van der Waals surface area contributed by atoms with E-state index in [-0.39, 0.29) is 23.4 Å². The van der Waals surface area contributed by atoms with Crippen molar-refractivity contribution in [2.45, 2.75) is 65.3 Å². The van der Waals surface area contributed by atoms with Crippen molar-refractivity contribution >= 4 is 62.2 Å². The number of aromatic nitrogens is 2. The van der Waals surface area contributed by atoms with Gasteiger partial charge in [0.1, 0.15) is 21.3 Å². The number of carbonyl (C=O) groups is 3. The number of aryl methyl sites for hydroxylation is 1. The fourth-order valence-corrected chi connectivity index (χ4v) is 6.56. The summed E-state index contributed by atoms with van der Waals surface area (Å²) < 4.78 is 0. The monoisotopic (exact) mass is 581 g/mol. The molecule has 1 aliphatic heterocycles. The van der Waals surface area contributed by atoms with Crippen LogP contribution in [0.3, 0.4) is 0 Å². The highest BCUT2D eigenvalue weighted by molar-refractivity contribution is 7.21. The molecular formula is C31H31N7O3S. The van der Waals surface area contributed by atoms with Crippen LogP contribution < -0.4 is 15.5 Å². The number of rotatable bonds is 7. The van der Waals surface area contributed by atoms with Crippen LogP contribution in [-0.4, -0.2) is 39.6 Å². The SMILES string of the molecule is Cc1cc(CC(C)C)ncc1N1C(=O)Nc2c(C(=O)N[C@@H]3CCCC3=NC(=O)/C(C#N)=C/C3CC3)sc3nccc1c23. The summed E-state index contributed by atoms with van der Waals surface area (Å²) in [7, 11) is 0. The van der Waals surface area contributed by atoms with Crippen LogP contribution in [0.1, 0.15) is 66.9 Å². The highest BCUT2D eigenvalue weighted by Gasteiger charge is 2.35. The lowest BCUT2D eigenvalue weighted by molar-refractivity contribution is -0.114.